The topological polar surface area (TPSA) is 29.3 Å². The van der Waals surface area contributed by atoms with Crippen molar-refractivity contribution in [3.05, 3.63) is 35.1 Å². The van der Waals surface area contributed by atoms with Crippen LogP contribution in [0.25, 0.3) is 0 Å². The van der Waals surface area contributed by atoms with Gasteiger partial charge in [0.05, 0.1) is 0 Å². The van der Waals surface area contributed by atoms with Crippen molar-refractivity contribution in [1.82, 2.24) is 4.90 Å². The van der Waals surface area contributed by atoms with Crippen LogP contribution in [0.1, 0.15) is 42.9 Å². The molecule has 0 spiro atoms. The van der Waals surface area contributed by atoms with E-state index in [4.69, 9.17) is 5.73 Å². The maximum absolute atomic E-state index is 13.2. The van der Waals surface area contributed by atoms with Crippen LogP contribution in [0.15, 0.2) is 18.2 Å². The van der Waals surface area contributed by atoms with Crippen molar-refractivity contribution in [3.8, 4) is 0 Å². The van der Waals surface area contributed by atoms with Crippen LogP contribution in [0.3, 0.4) is 0 Å². The highest BCUT2D eigenvalue weighted by molar-refractivity contribution is 5.30. The predicted octanol–water partition coefficient (Wildman–Crippen LogP) is 3.01. The number of hydrogen-bond acceptors (Lipinski definition) is 2. The third-order valence-electron chi connectivity index (χ3n) is 3.90. The highest BCUT2D eigenvalue weighted by Crippen LogP contribution is 2.26. The Kier molecular flexibility index (Phi) is 4.72. The van der Waals surface area contributed by atoms with Crippen molar-refractivity contribution in [2.45, 2.75) is 38.6 Å². The molecule has 1 saturated heterocycles. The fraction of sp³-hybridized carbons (Fsp3) is 0.600. The lowest BCUT2D eigenvalue weighted by molar-refractivity contribution is 0.209. The molecule has 1 fully saturated rings. The Morgan fingerprint density at radius 3 is 2.44 bits per heavy atom. The van der Waals surface area contributed by atoms with Gasteiger partial charge in [-0.1, -0.05) is 18.9 Å². The van der Waals surface area contributed by atoms with Gasteiger partial charge in [-0.3, -0.25) is 4.90 Å². The summed E-state index contributed by atoms with van der Waals surface area (Å²) in [5.74, 6) is -0.164. The molecule has 2 rings (SSSR count). The van der Waals surface area contributed by atoms with Gasteiger partial charge in [0.2, 0.25) is 0 Å². The molecular weight excluding hydrogens is 227 g/mol. The molecule has 0 radical (unpaired) electrons. The molecule has 0 bridgehead atoms. The van der Waals surface area contributed by atoms with Crippen LogP contribution in [0.5, 0.6) is 0 Å². The molecule has 2 N–H and O–H groups in total. The quantitative estimate of drug-likeness (QED) is 0.893. The molecule has 18 heavy (non-hydrogen) atoms. The summed E-state index contributed by atoms with van der Waals surface area (Å²) in [5, 5.41) is 0. The Hall–Kier alpha value is -0.930. The zero-order valence-electron chi connectivity index (χ0n) is 11.2. The second-order valence-corrected chi connectivity index (χ2v) is 5.20. The number of nitrogens with zero attached hydrogens (tertiary/aromatic N) is 1. The molecule has 1 atom stereocenters. The normalized spacial score (nSPS) is 19.5. The molecule has 100 valence electrons. The summed E-state index contributed by atoms with van der Waals surface area (Å²) in [7, 11) is 0. The van der Waals surface area contributed by atoms with E-state index in [0.29, 0.717) is 6.54 Å². The number of benzene rings is 1. The Labute approximate surface area is 109 Å². The van der Waals surface area contributed by atoms with E-state index in [1.807, 2.05) is 13.0 Å². The second-order valence-electron chi connectivity index (χ2n) is 5.20. The monoisotopic (exact) mass is 250 g/mol. The molecule has 2 nitrogen and oxygen atoms in total. The summed E-state index contributed by atoms with van der Waals surface area (Å²) in [6, 6.07) is 5.29. The van der Waals surface area contributed by atoms with Crippen molar-refractivity contribution in [2.75, 3.05) is 19.6 Å². The average Bonchev–Trinajstić information content (AvgIpc) is 2.62. The first-order chi connectivity index (χ1) is 8.72. The molecule has 0 saturated carbocycles. The maximum Gasteiger partial charge on any atom is 0.123 e. The van der Waals surface area contributed by atoms with Gasteiger partial charge in [0.15, 0.2) is 0 Å². The maximum atomic E-state index is 13.2. The first-order valence-electron chi connectivity index (χ1n) is 6.92. The van der Waals surface area contributed by atoms with E-state index in [9.17, 15) is 4.39 Å². The highest BCUT2D eigenvalue weighted by Gasteiger charge is 2.21. The Balaban J connectivity index is 2.20. The molecule has 1 aliphatic rings. The minimum absolute atomic E-state index is 0.164. The van der Waals surface area contributed by atoms with Crippen LogP contribution in [-0.2, 0) is 0 Å². The summed E-state index contributed by atoms with van der Waals surface area (Å²) >= 11 is 0. The standard InChI is InChI=1S/C15H23FN2/c1-12-10-13(16)6-7-14(12)15(11-17)18-8-4-2-3-5-9-18/h6-7,10,15H,2-5,8-9,11,17H2,1H3. The van der Waals surface area contributed by atoms with Crippen LogP contribution in [0, 0.1) is 12.7 Å². The average molecular weight is 250 g/mol. The molecule has 0 aromatic heterocycles. The molecule has 1 heterocycles. The lowest BCUT2D eigenvalue weighted by Gasteiger charge is -2.31. The van der Waals surface area contributed by atoms with Crippen molar-refractivity contribution < 1.29 is 4.39 Å². The third kappa shape index (κ3) is 3.09. The summed E-state index contributed by atoms with van der Waals surface area (Å²) in [5.41, 5.74) is 8.15. The Bertz CT molecular complexity index is 384. The van der Waals surface area contributed by atoms with Gasteiger partial charge in [-0.2, -0.15) is 0 Å². The molecule has 3 heteroatoms. The van der Waals surface area contributed by atoms with E-state index in [-0.39, 0.29) is 11.9 Å². The van der Waals surface area contributed by atoms with Gasteiger partial charge in [-0.05, 0) is 56.1 Å². The van der Waals surface area contributed by atoms with Gasteiger partial charge in [-0.25, -0.2) is 4.39 Å². The van der Waals surface area contributed by atoms with Crippen LogP contribution < -0.4 is 5.73 Å². The van der Waals surface area contributed by atoms with Crippen molar-refractivity contribution >= 4 is 0 Å². The highest BCUT2D eigenvalue weighted by atomic mass is 19.1. The van der Waals surface area contributed by atoms with Gasteiger partial charge in [0.25, 0.3) is 0 Å². The van der Waals surface area contributed by atoms with E-state index >= 15 is 0 Å². The van der Waals surface area contributed by atoms with E-state index in [0.717, 1.165) is 18.7 Å². The smallest absolute Gasteiger partial charge is 0.123 e. The van der Waals surface area contributed by atoms with E-state index in [1.54, 1.807) is 12.1 Å². The van der Waals surface area contributed by atoms with Gasteiger partial charge >= 0.3 is 0 Å². The van der Waals surface area contributed by atoms with Gasteiger partial charge in [-0.15, -0.1) is 0 Å². The molecular formula is C15H23FN2. The van der Waals surface area contributed by atoms with Gasteiger partial charge in [0.1, 0.15) is 5.82 Å². The first-order valence-corrected chi connectivity index (χ1v) is 6.92. The summed E-state index contributed by atoms with van der Waals surface area (Å²) < 4.78 is 13.2. The lowest BCUT2D eigenvalue weighted by atomic mass is 9.99. The zero-order valence-corrected chi connectivity index (χ0v) is 11.2. The lowest BCUT2D eigenvalue weighted by Crippen LogP contribution is -2.35. The number of nitrogens with two attached hydrogens (primary N) is 1. The van der Waals surface area contributed by atoms with Crippen LogP contribution >= 0.6 is 0 Å². The van der Waals surface area contributed by atoms with Gasteiger partial charge in [0, 0.05) is 12.6 Å². The molecule has 0 aliphatic carbocycles. The number of likely N-dealkylation sites (tertiary alicyclic amines) is 1. The van der Waals surface area contributed by atoms with Crippen molar-refractivity contribution in [1.29, 1.82) is 0 Å². The zero-order chi connectivity index (χ0) is 13.0. The van der Waals surface area contributed by atoms with Crippen LogP contribution in [-0.4, -0.2) is 24.5 Å². The molecule has 1 aromatic carbocycles. The summed E-state index contributed by atoms with van der Waals surface area (Å²) in [4.78, 5) is 2.47. The summed E-state index contributed by atoms with van der Waals surface area (Å²) in [6.45, 7) is 4.79. The number of aryl methyl sites for hydroxylation is 1. The molecule has 0 amide bonds. The largest absolute Gasteiger partial charge is 0.329 e. The molecule has 1 aromatic rings. The SMILES string of the molecule is Cc1cc(F)ccc1C(CN)N1CCCCCC1. The molecule has 1 aliphatic heterocycles. The second kappa shape index (κ2) is 6.30. The van der Waals surface area contributed by atoms with E-state index in [1.165, 1.54) is 31.2 Å². The summed E-state index contributed by atoms with van der Waals surface area (Å²) in [6.07, 6.45) is 5.12. The Morgan fingerprint density at radius 2 is 1.89 bits per heavy atom. The molecule has 1 unspecified atom stereocenters. The van der Waals surface area contributed by atoms with E-state index < -0.39 is 0 Å². The van der Waals surface area contributed by atoms with Crippen molar-refractivity contribution in [3.63, 3.8) is 0 Å². The van der Waals surface area contributed by atoms with Crippen molar-refractivity contribution in [2.24, 2.45) is 5.73 Å². The van der Waals surface area contributed by atoms with Crippen LogP contribution in [0.4, 0.5) is 4.39 Å². The number of rotatable bonds is 3. The minimum Gasteiger partial charge on any atom is -0.329 e. The fourth-order valence-corrected chi connectivity index (χ4v) is 2.89. The van der Waals surface area contributed by atoms with Gasteiger partial charge < -0.3 is 5.73 Å². The van der Waals surface area contributed by atoms with E-state index in [2.05, 4.69) is 4.90 Å². The third-order valence-corrected chi connectivity index (χ3v) is 3.90. The Morgan fingerprint density at radius 1 is 1.22 bits per heavy atom. The predicted molar refractivity (Wildman–Crippen MR) is 73.0 cm³/mol. The number of hydrogen-bond donors (Lipinski definition) is 1. The number of halogens is 1. The fourth-order valence-electron chi connectivity index (χ4n) is 2.89. The minimum atomic E-state index is -0.164. The van der Waals surface area contributed by atoms with Crippen LogP contribution in [0.2, 0.25) is 0 Å². The first kappa shape index (κ1) is 13.5.